The molecule has 15 nitrogen and oxygen atoms in total. The fraction of sp³-hybridized carbons (Fsp3) is 0.469. The number of carbonyl (C=O) groups is 5. The van der Waals surface area contributed by atoms with Crippen LogP contribution in [0.15, 0.2) is 77.3 Å². The number of hydrogen-bond acceptors (Lipinski definition) is 12. The molecular formula is C49H57F2N9O6. The Morgan fingerprint density at radius 2 is 1.61 bits per heavy atom. The smallest absolute Gasteiger partial charge is 0.262 e. The second-order valence-electron chi connectivity index (χ2n) is 18.7. The molecule has 1 saturated carbocycles. The van der Waals surface area contributed by atoms with Crippen molar-refractivity contribution in [2.75, 3.05) is 55.6 Å². The highest BCUT2D eigenvalue weighted by atomic mass is 19.1. The third-order valence-corrected chi connectivity index (χ3v) is 13.8. The Kier molecular flexibility index (Phi) is 13.5. The molecule has 3 saturated heterocycles. The molecule has 348 valence electrons. The van der Waals surface area contributed by atoms with Gasteiger partial charge in [-0.3, -0.25) is 44.1 Å². The van der Waals surface area contributed by atoms with E-state index in [9.17, 15) is 29.2 Å². The predicted octanol–water partition coefficient (Wildman–Crippen LogP) is 5.86. The maximum absolute atomic E-state index is 15.7. The molecule has 1 unspecified atom stereocenters. The molecule has 17 heteroatoms. The van der Waals surface area contributed by atoms with Gasteiger partial charge in [-0.05, 0) is 63.3 Å². The van der Waals surface area contributed by atoms with Gasteiger partial charge in [-0.25, -0.2) is 13.8 Å². The lowest BCUT2D eigenvalue weighted by atomic mass is 9.49. The minimum atomic E-state index is -1.13. The Hall–Kier alpha value is -6.54. The molecule has 4 fully saturated rings. The second kappa shape index (κ2) is 18.7. The van der Waals surface area contributed by atoms with Crippen LogP contribution in [0.1, 0.15) is 98.3 Å². The largest absolute Gasteiger partial charge is 0.488 e. The monoisotopic (exact) mass is 905 g/mol. The summed E-state index contributed by atoms with van der Waals surface area (Å²) < 4.78 is 37.8. The number of allylic oxidation sites excluding steroid dienone is 3. The molecule has 1 atom stereocenters. The van der Waals surface area contributed by atoms with Crippen LogP contribution in [0.3, 0.4) is 0 Å². The second-order valence-corrected chi connectivity index (χ2v) is 18.7. The molecule has 66 heavy (non-hydrogen) atoms. The lowest BCUT2D eigenvalue weighted by Gasteiger charge is -2.63. The first-order chi connectivity index (χ1) is 31.3. The first-order valence-electron chi connectivity index (χ1n) is 22.4. The van der Waals surface area contributed by atoms with Crippen molar-refractivity contribution in [2.45, 2.75) is 85.4 Å². The van der Waals surface area contributed by atoms with Gasteiger partial charge in [0.1, 0.15) is 23.7 Å². The van der Waals surface area contributed by atoms with Crippen molar-refractivity contribution < 1.29 is 37.5 Å². The van der Waals surface area contributed by atoms with Gasteiger partial charge >= 0.3 is 0 Å². The summed E-state index contributed by atoms with van der Waals surface area (Å²) in [6, 6.07) is 4.35. The van der Waals surface area contributed by atoms with Crippen molar-refractivity contribution in [1.29, 1.82) is 5.26 Å². The number of nitrogens with one attached hydrogen (secondary N) is 2. The van der Waals surface area contributed by atoms with Crippen molar-refractivity contribution >= 4 is 47.3 Å². The predicted molar refractivity (Wildman–Crippen MR) is 244 cm³/mol. The summed E-state index contributed by atoms with van der Waals surface area (Å²) in [5, 5.41) is 14.9. The Morgan fingerprint density at radius 3 is 2.18 bits per heavy atom. The van der Waals surface area contributed by atoms with Crippen LogP contribution in [-0.4, -0.2) is 115 Å². The SMILES string of the molecule is C=C/C(OC1C(C)(C)C(NC(=O)c2cnc(N3CCC(CN4CCN(c5cc6c(cc5F)C(=O)N(C5CCC(=O)NC5=O)C6=O)CC4)CC3)c(F)c2)C1(C)C)=C(C=C)\C(N=CC)=C(/C)C#N. The Bertz CT molecular complexity index is 2490. The molecule has 1 aliphatic carbocycles. The summed E-state index contributed by atoms with van der Waals surface area (Å²) >= 11 is 0. The number of aliphatic imine (C=N–C) groups is 1. The number of anilines is 2. The highest BCUT2D eigenvalue weighted by Crippen LogP contribution is 2.56. The van der Waals surface area contributed by atoms with E-state index in [1.807, 2.05) is 37.5 Å². The van der Waals surface area contributed by atoms with E-state index in [0.717, 1.165) is 30.4 Å². The van der Waals surface area contributed by atoms with Crippen molar-refractivity contribution in [3.63, 3.8) is 0 Å². The lowest BCUT2D eigenvalue weighted by molar-refractivity contribution is -0.188. The van der Waals surface area contributed by atoms with Gasteiger partial charge in [0.2, 0.25) is 11.8 Å². The number of hydrogen-bond donors (Lipinski definition) is 2. The van der Waals surface area contributed by atoms with Crippen LogP contribution in [0, 0.1) is 39.7 Å². The maximum Gasteiger partial charge on any atom is 0.262 e. The number of aromatic nitrogens is 1. The minimum absolute atomic E-state index is 0.00608. The fourth-order valence-corrected chi connectivity index (χ4v) is 10.6. The lowest BCUT2D eigenvalue weighted by Crippen LogP contribution is -2.73. The number of imide groups is 2. The molecule has 2 N–H and O–H groups in total. The topological polar surface area (TPSA) is 181 Å². The summed E-state index contributed by atoms with van der Waals surface area (Å²) in [7, 11) is 0. The molecule has 0 bridgehead atoms. The molecule has 1 aromatic heterocycles. The molecule has 0 radical (unpaired) electrons. The van der Waals surface area contributed by atoms with Gasteiger partial charge in [0, 0.05) is 87.1 Å². The minimum Gasteiger partial charge on any atom is -0.488 e. The summed E-state index contributed by atoms with van der Waals surface area (Å²) in [6.45, 7) is 23.5. The third-order valence-electron chi connectivity index (χ3n) is 13.8. The number of amides is 5. The van der Waals surface area contributed by atoms with E-state index in [4.69, 9.17) is 4.74 Å². The number of nitriles is 1. The van der Waals surface area contributed by atoms with Crippen LogP contribution in [0.25, 0.3) is 0 Å². The molecular weight excluding hydrogens is 849 g/mol. The number of pyridine rings is 1. The fourth-order valence-electron chi connectivity index (χ4n) is 10.6. The Balaban J connectivity index is 0.907. The average Bonchev–Trinajstić information content (AvgIpc) is 3.52. The van der Waals surface area contributed by atoms with Crippen LogP contribution in [-0.2, 0) is 14.3 Å². The van der Waals surface area contributed by atoms with E-state index < -0.39 is 58.0 Å². The van der Waals surface area contributed by atoms with Crippen LogP contribution in [0.5, 0.6) is 0 Å². The zero-order chi connectivity index (χ0) is 47.8. The van der Waals surface area contributed by atoms with E-state index in [2.05, 4.69) is 44.7 Å². The van der Waals surface area contributed by atoms with E-state index in [1.165, 1.54) is 18.3 Å². The molecule has 7 rings (SSSR count). The molecule has 5 amide bonds. The van der Waals surface area contributed by atoms with Crippen molar-refractivity contribution in [3.8, 4) is 6.07 Å². The average molecular weight is 906 g/mol. The maximum atomic E-state index is 15.7. The zero-order valence-corrected chi connectivity index (χ0v) is 38.4. The molecule has 5 heterocycles. The highest BCUT2D eigenvalue weighted by molar-refractivity contribution is 6.23. The normalized spacial score (nSPS) is 23.9. The van der Waals surface area contributed by atoms with E-state index in [0.29, 0.717) is 67.8 Å². The van der Waals surface area contributed by atoms with Crippen molar-refractivity contribution in [2.24, 2.45) is 21.7 Å². The van der Waals surface area contributed by atoms with E-state index >= 15 is 8.78 Å². The third kappa shape index (κ3) is 8.78. The summed E-state index contributed by atoms with van der Waals surface area (Å²) in [5.41, 5.74) is 0.477. The number of nitrogens with zero attached hydrogens (tertiary/aromatic N) is 7. The number of halogens is 2. The summed E-state index contributed by atoms with van der Waals surface area (Å²) in [4.78, 5) is 79.9. The van der Waals surface area contributed by atoms with Gasteiger partial charge in [0.25, 0.3) is 17.7 Å². The van der Waals surface area contributed by atoms with Crippen LogP contribution < -0.4 is 20.4 Å². The van der Waals surface area contributed by atoms with Crippen LogP contribution in [0.4, 0.5) is 20.3 Å². The quantitative estimate of drug-likeness (QED) is 0.0808. The molecule has 1 aromatic carbocycles. The summed E-state index contributed by atoms with van der Waals surface area (Å²) in [6.07, 6.45) is 7.38. The van der Waals surface area contributed by atoms with Gasteiger partial charge in [-0.15, -0.1) is 0 Å². The molecule has 5 aliphatic rings. The van der Waals surface area contributed by atoms with Crippen LogP contribution >= 0.6 is 0 Å². The van der Waals surface area contributed by atoms with Gasteiger partial charge in [0.15, 0.2) is 11.6 Å². The highest BCUT2D eigenvalue weighted by Gasteiger charge is 2.64. The first-order valence-corrected chi connectivity index (χ1v) is 22.4. The number of piperazine rings is 1. The van der Waals surface area contributed by atoms with Gasteiger partial charge < -0.3 is 19.9 Å². The van der Waals surface area contributed by atoms with Gasteiger partial charge in [-0.1, -0.05) is 46.9 Å². The molecule has 0 spiro atoms. The number of rotatable bonds is 13. The van der Waals surface area contributed by atoms with Crippen molar-refractivity contribution in [1.82, 2.24) is 25.4 Å². The van der Waals surface area contributed by atoms with Gasteiger partial charge in [0.05, 0.1) is 39.7 Å². The summed E-state index contributed by atoms with van der Waals surface area (Å²) in [5.74, 6) is -3.33. The van der Waals surface area contributed by atoms with Crippen molar-refractivity contribution in [3.05, 3.63) is 101 Å². The first kappa shape index (κ1) is 47.4. The van der Waals surface area contributed by atoms with Crippen LogP contribution in [0.2, 0.25) is 0 Å². The zero-order valence-electron chi connectivity index (χ0n) is 38.4. The molecule has 2 aromatic rings. The number of piperidine rings is 2. The Morgan fingerprint density at radius 1 is 0.955 bits per heavy atom. The molecule has 4 aliphatic heterocycles. The standard InChI is InChI=1S/C49H57F2N9O6/c1-9-31(40(53-11-3)28(4)25-52)38(10-2)66-47-48(5,6)46(49(47,7)8)56-42(62)30-22-35(51)41(54-26-30)59-16-14-29(15-17-59)27-57-18-20-58(21-19-57)37-24-33-32(23-34(37)50)44(64)60(45(33)65)36-12-13-39(61)55-43(36)63/h9-11,22-24,26,29,36,46-47H,1-2,12-21,27H2,3-8H3,(H,56,62)(H,55,61,63)/b38-31+,40-28-,53-11?. The number of fused-ring (bicyclic) bond motifs is 1. The van der Waals surface area contributed by atoms with Gasteiger partial charge in [-0.2, -0.15) is 5.26 Å². The van der Waals surface area contributed by atoms with E-state index in [1.54, 1.807) is 32.2 Å². The Labute approximate surface area is 383 Å². The number of benzene rings is 1. The number of ether oxygens (including phenoxy) is 1. The number of carbonyl (C=O) groups excluding carboxylic acids is 5. The van der Waals surface area contributed by atoms with E-state index in [-0.39, 0.29) is 53.2 Å².